The van der Waals surface area contributed by atoms with Gasteiger partial charge >= 0.3 is 0 Å². The van der Waals surface area contributed by atoms with Gasteiger partial charge in [0, 0.05) is 40.2 Å². The maximum Gasteiger partial charge on any atom is 0.256 e. The van der Waals surface area contributed by atoms with Crippen LogP contribution in [0.4, 0.5) is 5.69 Å². The molecule has 4 aromatic rings. The van der Waals surface area contributed by atoms with Gasteiger partial charge in [-0.1, -0.05) is 30.2 Å². The van der Waals surface area contributed by atoms with E-state index in [2.05, 4.69) is 32.3 Å². The highest BCUT2D eigenvalue weighted by Crippen LogP contribution is 2.33. The maximum absolute atomic E-state index is 12.3. The lowest BCUT2D eigenvalue weighted by molar-refractivity contribution is -0.110. The normalized spacial score (nSPS) is 13.9. The SMILES string of the molecule is O=C1Nc2ccccc2/C1=C\c1ccc2c(C#Cc3cccnc3)n[nH]c2c1. The van der Waals surface area contributed by atoms with E-state index in [0.717, 1.165) is 33.3 Å². The molecule has 2 N–H and O–H groups in total. The summed E-state index contributed by atoms with van der Waals surface area (Å²) >= 11 is 0. The Bertz CT molecular complexity index is 1310. The highest BCUT2D eigenvalue weighted by atomic mass is 16.2. The van der Waals surface area contributed by atoms with Gasteiger partial charge in [0.2, 0.25) is 0 Å². The van der Waals surface area contributed by atoms with Crippen molar-refractivity contribution in [2.24, 2.45) is 0 Å². The number of hydrogen-bond acceptors (Lipinski definition) is 3. The maximum atomic E-state index is 12.3. The molecule has 0 bridgehead atoms. The minimum atomic E-state index is -0.0890. The van der Waals surface area contributed by atoms with Crippen LogP contribution in [0.25, 0.3) is 22.6 Å². The van der Waals surface area contributed by atoms with E-state index in [9.17, 15) is 4.79 Å². The van der Waals surface area contributed by atoms with Crippen LogP contribution < -0.4 is 5.32 Å². The molecule has 0 fully saturated rings. The third-order valence-corrected chi connectivity index (χ3v) is 4.59. The number of hydrogen-bond donors (Lipinski definition) is 2. The Labute approximate surface area is 161 Å². The third-order valence-electron chi connectivity index (χ3n) is 4.59. The summed E-state index contributed by atoms with van der Waals surface area (Å²) in [7, 11) is 0. The van der Waals surface area contributed by atoms with Gasteiger partial charge in [-0.3, -0.25) is 14.9 Å². The summed E-state index contributed by atoms with van der Waals surface area (Å²) in [6.07, 6.45) is 5.33. The quantitative estimate of drug-likeness (QED) is 0.399. The number of amides is 1. The molecule has 2 aromatic carbocycles. The van der Waals surface area contributed by atoms with Gasteiger partial charge in [0.25, 0.3) is 5.91 Å². The molecule has 5 rings (SSSR count). The molecule has 2 aromatic heterocycles. The summed E-state index contributed by atoms with van der Waals surface area (Å²) in [6.45, 7) is 0. The van der Waals surface area contributed by atoms with Crippen LogP contribution in [0.1, 0.15) is 22.4 Å². The molecule has 1 aliphatic rings. The molecule has 0 aliphatic carbocycles. The van der Waals surface area contributed by atoms with E-state index in [-0.39, 0.29) is 5.91 Å². The molecular weight excluding hydrogens is 348 g/mol. The predicted molar refractivity (Wildman–Crippen MR) is 109 cm³/mol. The monoisotopic (exact) mass is 362 g/mol. The van der Waals surface area contributed by atoms with Crippen LogP contribution in [-0.4, -0.2) is 21.1 Å². The minimum Gasteiger partial charge on any atom is -0.321 e. The van der Waals surface area contributed by atoms with Gasteiger partial charge in [-0.15, -0.1) is 0 Å². The number of nitrogens with one attached hydrogen (secondary N) is 2. The first kappa shape index (κ1) is 16.0. The number of rotatable bonds is 1. The fourth-order valence-corrected chi connectivity index (χ4v) is 3.24. The Balaban J connectivity index is 1.51. The van der Waals surface area contributed by atoms with Crippen LogP contribution >= 0.6 is 0 Å². The number of H-pyrrole nitrogens is 1. The fourth-order valence-electron chi connectivity index (χ4n) is 3.24. The van der Waals surface area contributed by atoms with Crippen molar-refractivity contribution >= 4 is 34.1 Å². The number of anilines is 1. The number of carbonyl (C=O) groups is 1. The third kappa shape index (κ3) is 2.83. The standard InChI is InChI=1S/C23H14N4O/c28-23-19(17-5-1-2-6-20(17)25-23)12-16-7-9-18-21(26-27-22(18)13-16)10-8-15-4-3-11-24-14-15/h1-7,9,11-14H,(H,25,28)(H,26,27)/b19-12+. The Morgan fingerprint density at radius 2 is 1.93 bits per heavy atom. The zero-order valence-electron chi connectivity index (χ0n) is 14.7. The molecule has 0 saturated carbocycles. The molecule has 0 spiro atoms. The topological polar surface area (TPSA) is 70.7 Å². The van der Waals surface area contributed by atoms with Crippen molar-refractivity contribution < 1.29 is 4.79 Å². The first-order valence-electron chi connectivity index (χ1n) is 8.80. The summed E-state index contributed by atoms with van der Waals surface area (Å²) in [5, 5.41) is 11.2. The van der Waals surface area contributed by atoms with Gasteiger partial charge in [-0.25, -0.2) is 0 Å². The molecule has 1 aliphatic heterocycles. The van der Waals surface area contributed by atoms with Crippen LogP contribution in [-0.2, 0) is 4.79 Å². The number of aromatic amines is 1. The summed E-state index contributed by atoms with van der Waals surface area (Å²) in [6, 6.07) is 17.3. The number of carbonyl (C=O) groups excluding carboxylic acids is 1. The summed E-state index contributed by atoms with van der Waals surface area (Å²) in [5.74, 6) is 6.07. The molecule has 28 heavy (non-hydrogen) atoms. The lowest BCUT2D eigenvalue weighted by atomic mass is 10.0. The van der Waals surface area contributed by atoms with Crippen LogP contribution in [0, 0.1) is 11.8 Å². The van der Waals surface area contributed by atoms with Gasteiger partial charge < -0.3 is 5.32 Å². The summed E-state index contributed by atoms with van der Waals surface area (Å²) in [5.41, 5.74) is 5.73. The van der Waals surface area contributed by atoms with Crippen LogP contribution in [0.15, 0.2) is 67.0 Å². The van der Waals surface area contributed by atoms with Gasteiger partial charge in [0.15, 0.2) is 0 Å². The molecule has 132 valence electrons. The van der Waals surface area contributed by atoms with Crippen molar-refractivity contribution in [1.82, 2.24) is 15.2 Å². The van der Waals surface area contributed by atoms with E-state index in [1.165, 1.54) is 0 Å². The van der Waals surface area contributed by atoms with Crippen molar-refractivity contribution in [3.8, 4) is 11.8 Å². The number of nitrogens with zero attached hydrogens (tertiary/aromatic N) is 2. The Morgan fingerprint density at radius 1 is 1.00 bits per heavy atom. The molecule has 5 nitrogen and oxygen atoms in total. The molecule has 5 heteroatoms. The van der Waals surface area contributed by atoms with E-state index in [1.54, 1.807) is 12.4 Å². The fraction of sp³-hybridized carbons (Fsp3) is 0. The van der Waals surface area contributed by atoms with Crippen LogP contribution in [0.3, 0.4) is 0 Å². The van der Waals surface area contributed by atoms with Crippen molar-refractivity contribution in [3.05, 3.63) is 89.4 Å². The molecular formula is C23H14N4O. The first-order chi connectivity index (χ1) is 13.8. The number of benzene rings is 2. The number of pyridine rings is 1. The lowest BCUT2D eigenvalue weighted by Crippen LogP contribution is -2.03. The van der Waals surface area contributed by atoms with Gasteiger partial charge in [0.05, 0.1) is 5.52 Å². The second kappa shape index (κ2) is 6.53. The number of para-hydroxylation sites is 1. The molecule has 3 heterocycles. The number of aromatic nitrogens is 3. The van der Waals surface area contributed by atoms with Gasteiger partial charge in [-0.05, 0) is 47.9 Å². The molecule has 1 amide bonds. The van der Waals surface area contributed by atoms with Crippen molar-refractivity contribution in [2.45, 2.75) is 0 Å². The Morgan fingerprint density at radius 3 is 2.82 bits per heavy atom. The van der Waals surface area contributed by atoms with Crippen LogP contribution in [0.5, 0.6) is 0 Å². The van der Waals surface area contributed by atoms with E-state index in [1.807, 2.05) is 60.7 Å². The second-order valence-corrected chi connectivity index (χ2v) is 6.43. The van der Waals surface area contributed by atoms with Crippen molar-refractivity contribution in [2.75, 3.05) is 5.32 Å². The van der Waals surface area contributed by atoms with Crippen LogP contribution in [0.2, 0.25) is 0 Å². The molecule has 0 saturated heterocycles. The average Bonchev–Trinajstić information content (AvgIpc) is 3.28. The van der Waals surface area contributed by atoms with E-state index >= 15 is 0 Å². The molecule has 0 atom stereocenters. The van der Waals surface area contributed by atoms with E-state index in [0.29, 0.717) is 11.3 Å². The minimum absolute atomic E-state index is 0.0890. The largest absolute Gasteiger partial charge is 0.321 e. The van der Waals surface area contributed by atoms with Crippen molar-refractivity contribution in [1.29, 1.82) is 0 Å². The van der Waals surface area contributed by atoms with E-state index < -0.39 is 0 Å². The average molecular weight is 362 g/mol. The van der Waals surface area contributed by atoms with Crippen molar-refractivity contribution in [3.63, 3.8) is 0 Å². The molecule has 0 radical (unpaired) electrons. The van der Waals surface area contributed by atoms with Gasteiger partial charge in [-0.2, -0.15) is 5.10 Å². The Kier molecular flexibility index (Phi) is 3.74. The highest BCUT2D eigenvalue weighted by molar-refractivity contribution is 6.34. The predicted octanol–water partition coefficient (Wildman–Crippen LogP) is 3.85. The summed E-state index contributed by atoms with van der Waals surface area (Å²) in [4.78, 5) is 16.4. The Hall–Kier alpha value is -4.17. The second-order valence-electron chi connectivity index (χ2n) is 6.43. The smallest absolute Gasteiger partial charge is 0.256 e. The van der Waals surface area contributed by atoms with Gasteiger partial charge in [0.1, 0.15) is 5.69 Å². The van der Waals surface area contributed by atoms with E-state index in [4.69, 9.17) is 0 Å². The number of fused-ring (bicyclic) bond motifs is 2. The first-order valence-corrected chi connectivity index (χ1v) is 8.80. The lowest BCUT2D eigenvalue weighted by Gasteiger charge is -1.99. The zero-order valence-corrected chi connectivity index (χ0v) is 14.7. The summed E-state index contributed by atoms with van der Waals surface area (Å²) < 4.78 is 0. The molecule has 0 unspecified atom stereocenters. The zero-order chi connectivity index (χ0) is 18.9. The highest BCUT2D eigenvalue weighted by Gasteiger charge is 2.23.